The van der Waals surface area contributed by atoms with Crippen molar-refractivity contribution in [3.05, 3.63) is 12.5 Å². The molecule has 0 bridgehead atoms. The molecule has 1 aliphatic rings. The first kappa shape index (κ1) is 15.9. The SMILES string of the molecule is CCCC(C#N)N1CCN(S(=O)(=O)c2cn(C)cn2)CC1. The summed E-state index contributed by atoms with van der Waals surface area (Å²) >= 11 is 0. The van der Waals surface area contributed by atoms with Gasteiger partial charge in [-0.25, -0.2) is 13.4 Å². The van der Waals surface area contributed by atoms with E-state index in [1.165, 1.54) is 16.8 Å². The molecule has 1 unspecified atom stereocenters. The van der Waals surface area contributed by atoms with Crippen molar-refractivity contribution in [1.29, 1.82) is 5.26 Å². The second-order valence-corrected chi connectivity index (χ2v) is 7.14. The third-order valence-electron chi connectivity index (χ3n) is 3.71. The number of hydrogen-bond donors (Lipinski definition) is 0. The zero-order valence-electron chi connectivity index (χ0n) is 12.4. The molecule has 8 heteroatoms. The zero-order valence-corrected chi connectivity index (χ0v) is 13.3. The highest BCUT2D eigenvalue weighted by Crippen LogP contribution is 2.17. The van der Waals surface area contributed by atoms with Gasteiger partial charge in [0.25, 0.3) is 10.0 Å². The fourth-order valence-electron chi connectivity index (χ4n) is 2.51. The van der Waals surface area contributed by atoms with Crippen LogP contribution in [0.25, 0.3) is 0 Å². The summed E-state index contributed by atoms with van der Waals surface area (Å²) in [6, 6.07) is 2.19. The average molecular weight is 311 g/mol. The monoisotopic (exact) mass is 311 g/mol. The second-order valence-electron chi connectivity index (χ2n) is 5.25. The van der Waals surface area contributed by atoms with E-state index < -0.39 is 10.0 Å². The average Bonchev–Trinajstić information content (AvgIpc) is 2.92. The number of piperazine rings is 1. The van der Waals surface area contributed by atoms with Gasteiger partial charge in [-0.15, -0.1) is 0 Å². The maximum absolute atomic E-state index is 12.4. The van der Waals surface area contributed by atoms with Crippen molar-refractivity contribution in [3.8, 4) is 6.07 Å². The normalized spacial score (nSPS) is 19.3. The van der Waals surface area contributed by atoms with Crippen molar-refractivity contribution >= 4 is 10.0 Å². The lowest BCUT2D eigenvalue weighted by atomic mass is 10.1. The second kappa shape index (κ2) is 6.56. The first-order chi connectivity index (χ1) is 9.98. The number of nitriles is 1. The summed E-state index contributed by atoms with van der Waals surface area (Å²) in [4.78, 5) is 5.99. The van der Waals surface area contributed by atoms with Gasteiger partial charge in [0.15, 0.2) is 5.03 Å². The Balaban J connectivity index is 2.02. The third-order valence-corrected chi connectivity index (χ3v) is 5.49. The minimum atomic E-state index is -3.52. The predicted molar refractivity (Wildman–Crippen MR) is 77.8 cm³/mol. The van der Waals surface area contributed by atoms with Gasteiger partial charge in [-0.05, 0) is 6.42 Å². The third kappa shape index (κ3) is 3.43. The molecule has 0 saturated carbocycles. The summed E-state index contributed by atoms with van der Waals surface area (Å²) in [6.45, 7) is 4.03. The van der Waals surface area contributed by atoms with Crippen LogP contribution in [0.15, 0.2) is 17.6 Å². The molecule has 0 aromatic carbocycles. The lowest BCUT2D eigenvalue weighted by Gasteiger charge is -2.35. The van der Waals surface area contributed by atoms with E-state index in [1.807, 2.05) is 6.92 Å². The fraction of sp³-hybridized carbons (Fsp3) is 0.692. The number of nitrogens with zero attached hydrogens (tertiary/aromatic N) is 5. The molecule has 0 radical (unpaired) electrons. The number of aromatic nitrogens is 2. The number of aryl methyl sites for hydroxylation is 1. The fourth-order valence-corrected chi connectivity index (χ4v) is 3.90. The smallest absolute Gasteiger partial charge is 0.262 e. The van der Waals surface area contributed by atoms with Gasteiger partial charge in [0, 0.05) is 39.4 Å². The van der Waals surface area contributed by atoms with Gasteiger partial charge in [-0.3, -0.25) is 4.90 Å². The Bertz CT molecular complexity index is 611. The van der Waals surface area contributed by atoms with Gasteiger partial charge in [0.2, 0.25) is 0 Å². The van der Waals surface area contributed by atoms with Crippen molar-refractivity contribution in [3.63, 3.8) is 0 Å². The Hall–Kier alpha value is -1.43. The molecule has 1 fully saturated rings. The van der Waals surface area contributed by atoms with E-state index >= 15 is 0 Å². The van der Waals surface area contributed by atoms with Crippen LogP contribution in [-0.2, 0) is 17.1 Å². The minimum Gasteiger partial charge on any atom is -0.339 e. The lowest BCUT2D eigenvalue weighted by molar-refractivity contribution is 0.156. The molecule has 116 valence electrons. The lowest BCUT2D eigenvalue weighted by Crippen LogP contribution is -2.51. The van der Waals surface area contributed by atoms with Crippen LogP contribution in [-0.4, -0.2) is 59.4 Å². The van der Waals surface area contributed by atoms with E-state index in [4.69, 9.17) is 0 Å². The minimum absolute atomic E-state index is 0.0869. The van der Waals surface area contributed by atoms with Gasteiger partial charge < -0.3 is 4.57 Å². The van der Waals surface area contributed by atoms with Crippen LogP contribution in [0.5, 0.6) is 0 Å². The van der Waals surface area contributed by atoms with Gasteiger partial charge in [0.05, 0.1) is 18.4 Å². The molecule has 1 aromatic rings. The molecule has 0 N–H and O–H groups in total. The number of sulfonamides is 1. The predicted octanol–water partition coefficient (Wildman–Crippen LogP) is 0.419. The largest absolute Gasteiger partial charge is 0.339 e. The van der Waals surface area contributed by atoms with E-state index in [0.717, 1.165) is 12.8 Å². The number of imidazole rings is 1. The Morgan fingerprint density at radius 1 is 1.38 bits per heavy atom. The quantitative estimate of drug-likeness (QED) is 0.787. The molecule has 0 amide bonds. The molecule has 0 aliphatic carbocycles. The van der Waals surface area contributed by atoms with Crippen LogP contribution in [0.3, 0.4) is 0 Å². The van der Waals surface area contributed by atoms with Crippen molar-refractivity contribution in [2.75, 3.05) is 26.2 Å². The van der Waals surface area contributed by atoms with Crippen LogP contribution in [0.1, 0.15) is 19.8 Å². The van der Waals surface area contributed by atoms with Crippen LogP contribution in [0.4, 0.5) is 0 Å². The summed E-state index contributed by atoms with van der Waals surface area (Å²) < 4.78 is 27.9. The summed E-state index contributed by atoms with van der Waals surface area (Å²) in [7, 11) is -1.78. The van der Waals surface area contributed by atoms with Crippen LogP contribution < -0.4 is 0 Å². The van der Waals surface area contributed by atoms with Gasteiger partial charge >= 0.3 is 0 Å². The summed E-state index contributed by atoms with van der Waals surface area (Å²) in [5.41, 5.74) is 0. The highest BCUT2D eigenvalue weighted by molar-refractivity contribution is 7.89. The molecule has 7 nitrogen and oxygen atoms in total. The van der Waals surface area contributed by atoms with Crippen LogP contribution in [0.2, 0.25) is 0 Å². The van der Waals surface area contributed by atoms with Gasteiger partial charge in [-0.2, -0.15) is 9.57 Å². The molecular formula is C13H21N5O2S. The molecule has 2 heterocycles. The summed E-state index contributed by atoms with van der Waals surface area (Å²) in [5, 5.41) is 9.27. The van der Waals surface area contributed by atoms with Gasteiger partial charge in [0.1, 0.15) is 0 Å². The van der Waals surface area contributed by atoms with Crippen molar-refractivity contribution in [1.82, 2.24) is 18.8 Å². The standard InChI is InChI=1S/C13H21N5O2S/c1-3-4-12(9-14)17-5-7-18(8-6-17)21(19,20)13-10-16(2)11-15-13/h10-12H,3-8H2,1-2H3. The maximum Gasteiger partial charge on any atom is 0.262 e. The van der Waals surface area contributed by atoms with Crippen molar-refractivity contribution in [2.24, 2.45) is 7.05 Å². The molecule has 2 rings (SSSR count). The van der Waals surface area contributed by atoms with Crippen LogP contribution >= 0.6 is 0 Å². The van der Waals surface area contributed by atoms with E-state index in [0.29, 0.717) is 26.2 Å². The summed E-state index contributed by atoms with van der Waals surface area (Å²) in [5.74, 6) is 0. The van der Waals surface area contributed by atoms with Crippen molar-refractivity contribution < 1.29 is 8.42 Å². The van der Waals surface area contributed by atoms with E-state index in [2.05, 4.69) is 16.0 Å². The van der Waals surface area contributed by atoms with Gasteiger partial charge in [-0.1, -0.05) is 13.3 Å². The molecule has 1 aliphatic heterocycles. The molecule has 1 atom stereocenters. The molecule has 21 heavy (non-hydrogen) atoms. The highest BCUT2D eigenvalue weighted by Gasteiger charge is 2.31. The van der Waals surface area contributed by atoms with E-state index in [1.54, 1.807) is 11.6 Å². The number of hydrogen-bond acceptors (Lipinski definition) is 5. The Labute approximate surface area is 125 Å². The van der Waals surface area contributed by atoms with Crippen LogP contribution in [0, 0.1) is 11.3 Å². The Morgan fingerprint density at radius 2 is 2.05 bits per heavy atom. The molecule has 1 aromatic heterocycles. The highest BCUT2D eigenvalue weighted by atomic mass is 32.2. The first-order valence-corrected chi connectivity index (χ1v) is 8.54. The van der Waals surface area contributed by atoms with E-state index in [9.17, 15) is 13.7 Å². The molecule has 1 saturated heterocycles. The number of rotatable bonds is 5. The first-order valence-electron chi connectivity index (χ1n) is 7.10. The topological polar surface area (TPSA) is 82.2 Å². The Morgan fingerprint density at radius 3 is 2.52 bits per heavy atom. The Kier molecular flexibility index (Phi) is 4.98. The zero-order chi connectivity index (χ0) is 15.5. The summed E-state index contributed by atoms with van der Waals surface area (Å²) in [6.07, 6.45) is 4.77. The molecular weight excluding hydrogens is 290 g/mol. The maximum atomic E-state index is 12.4. The van der Waals surface area contributed by atoms with E-state index in [-0.39, 0.29) is 11.1 Å². The van der Waals surface area contributed by atoms with Crippen molar-refractivity contribution in [2.45, 2.75) is 30.8 Å². The molecule has 0 spiro atoms.